The number of carboxylic acids is 1. The van der Waals surface area contributed by atoms with Crippen LogP contribution in [0.3, 0.4) is 0 Å². The van der Waals surface area contributed by atoms with Gasteiger partial charge in [0.25, 0.3) is 0 Å². The van der Waals surface area contributed by atoms with Gasteiger partial charge in [-0.15, -0.1) is 0 Å². The van der Waals surface area contributed by atoms with Gasteiger partial charge >= 0.3 is 5.30 Å². The van der Waals surface area contributed by atoms with E-state index in [4.69, 9.17) is 21.1 Å². The molecule has 0 aliphatic carbocycles. The average molecular weight is 387 g/mol. The van der Waals surface area contributed by atoms with E-state index in [0.717, 1.165) is 0 Å². The zero-order valence-corrected chi connectivity index (χ0v) is 15.0. The number of thiophene rings is 1. The summed E-state index contributed by atoms with van der Waals surface area (Å²) in [4.78, 5) is 24.7. The van der Waals surface area contributed by atoms with Gasteiger partial charge in [0, 0.05) is 10.6 Å². The van der Waals surface area contributed by atoms with E-state index in [1.165, 1.54) is 12.5 Å². The number of carboxylic acid groups (broad SMARTS) is 1. The molecule has 0 spiro atoms. The number of ether oxygens (including phenoxy) is 2. The molecule has 3 aromatic rings. The molecule has 26 heavy (non-hydrogen) atoms. The molecule has 130 valence electrons. The minimum absolute atomic E-state index is 0.0717. The smallest absolute Gasteiger partial charge is 0.545 e. The summed E-state index contributed by atoms with van der Waals surface area (Å²) in [5.41, 5.74) is 1.44. The molecular formula is C19H11ClO5S. The Balaban J connectivity index is 2.19. The number of carbonyl (C=O) groups excluding carboxylic acids is 2. The molecule has 1 aliphatic heterocycles. The summed E-state index contributed by atoms with van der Waals surface area (Å²) < 4.78 is 10.9. The van der Waals surface area contributed by atoms with Crippen molar-refractivity contribution in [1.82, 2.24) is 0 Å². The maximum atomic E-state index is 12.4. The number of hydrogen-bond acceptors (Lipinski definition) is 5. The highest BCUT2D eigenvalue weighted by Gasteiger charge is 2.38. The highest BCUT2D eigenvalue weighted by atomic mass is 35.5. The lowest BCUT2D eigenvalue weighted by Gasteiger charge is -2.09. The summed E-state index contributed by atoms with van der Waals surface area (Å²) >= 11 is 6.14. The molecule has 2 aromatic carbocycles. The lowest BCUT2D eigenvalue weighted by atomic mass is 9.98. The zero-order valence-electron chi connectivity index (χ0n) is 13.4. The molecule has 7 heteroatoms. The van der Waals surface area contributed by atoms with Gasteiger partial charge in [-0.25, -0.2) is 0 Å². The van der Waals surface area contributed by atoms with Gasteiger partial charge in [-0.3, -0.25) is 0 Å². The maximum absolute atomic E-state index is 12.4. The lowest BCUT2D eigenvalue weighted by molar-refractivity contribution is -0.254. The van der Waals surface area contributed by atoms with Gasteiger partial charge in [0.15, 0.2) is 5.38 Å². The number of benzene rings is 2. The molecule has 1 unspecified atom stereocenters. The number of hydrogen-bond donors (Lipinski definition) is 0. The fraction of sp³-hybridized carbons (Fsp3) is 0.0526. The summed E-state index contributed by atoms with van der Waals surface area (Å²) in [7, 11) is 0.0552. The van der Waals surface area contributed by atoms with Crippen molar-refractivity contribution in [2.24, 2.45) is 0 Å². The standard InChI is InChI=1S/C19H11ClO5S/c1-24-19(23)26-9-13(18(21)22)16-12-8-10(20)6-7-15(12)25-14-5-3-2-4-11(14)17(16)26/h2-9H,1H3. The fourth-order valence-corrected chi connectivity index (χ4v) is 5.04. The Kier molecular flexibility index (Phi) is 3.94. The van der Waals surface area contributed by atoms with E-state index in [-0.39, 0.29) is 5.56 Å². The summed E-state index contributed by atoms with van der Waals surface area (Å²) in [6, 6.07) is 12.1. The molecule has 0 bridgehead atoms. The monoisotopic (exact) mass is 386 g/mol. The number of para-hydroxylation sites is 1. The molecular weight excluding hydrogens is 376 g/mol. The van der Waals surface area contributed by atoms with E-state index >= 15 is 0 Å². The SMILES string of the molecule is COC(=O)[s+]1cc(C(=O)[O-])c2c1-c1ccccc1Oc1ccc(Cl)cc1-2. The molecule has 4 rings (SSSR count). The second kappa shape index (κ2) is 6.16. The maximum Gasteiger partial charge on any atom is 0.554 e. The lowest BCUT2D eigenvalue weighted by Crippen LogP contribution is -2.22. The van der Waals surface area contributed by atoms with E-state index < -0.39 is 21.7 Å². The largest absolute Gasteiger partial charge is 0.554 e. The Morgan fingerprint density at radius 1 is 1.12 bits per heavy atom. The van der Waals surface area contributed by atoms with Crippen molar-refractivity contribution in [3.8, 4) is 33.1 Å². The summed E-state index contributed by atoms with van der Waals surface area (Å²) in [5, 5.41) is 13.1. The van der Waals surface area contributed by atoms with E-state index in [1.54, 1.807) is 42.5 Å². The predicted molar refractivity (Wildman–Crippen MR) is 97.0 cm³/mol. The second-order valence-corrected chi connectivity index (χ2v) is 7.64. The number of carbonyl (C=O) groups is 2. The third kappa shape index (κ3) is 2.46. The van der Waals surface area contributed by atoms with E-state index in [1.807, 2.05) is 0 Å². The molecule has 2 heterocycles. The predicted octanol–water partition coefficient (Wildman–Crippen LogP) is 4.51. The third-order valence-corrected chi connectivity index (χ3v) is 6.18. The molecule has 0 radical (unpaired) electrons. The van der Waals surface area contributed by atoms with Crippen molar-refractivity contribution in [3.05, 3.63) is 58.4 Å². The normalized spacial score (nSPS) is 12.2. The first-order valence-corrected chi connectivity index (χ1v) is 9.24. The van der Waals surface area contributed by atoms with Crippen molar-refractivity contribution < 1.29 is 24.2 Å². The molecule has 0 saturated carbocycles. The van der Waals surface area contributed by atoms with Gasteiger partial charge in [0.1, 0.15) is 22.0 Å². The molecule has 0 N–H and O–H groups in total. The van der Waals surface area contributed by atoms with Crippen molar-refractivity contribution in [1.29, 1.82) is 0 Å². The van der Waals surface area contributed by atoms with Crippen LogP contribution in [0.25, 0.3) is 21.6 Å². The van der Waals surface area contributed by atoms with Crippen LogP contribution >= 0.6 is 22.1 Å². The van der Waals surface area contributed by atoms with E-state index in [2.05, 4.69) is 0 Å². The van der Waals surface area contributed by atoms with Crippen molar-refractivity contribution in [2.45, 2.75) is 0 Å². The molecule has 0 fully saturated rings. The average Bonchev–Trinajstić information content (AvgIpc) is 2.97. The second-order valence-electron chi connectivity index (χ2n) is 5.55. The van der Waals surface area contributed by atoms with Gasteiger partial charge in [-0.1, -0.05) is 23.7 Å². The Morgan fingerprint density at radius 2 is 1.85 bits per heavy atom. The van der Waals surface area contributed by atoms with Crippen molar-refractivity contribution in [2.75, 3.05) is 7.11 Å². The Bertz CT molecular complexity index is 1070. The third-order valence-electron chi connectivity index (χ3n) is 4.08. The minimum Gasteiger partial charge on any atom is -0.545 e. The quantitative estimate of drug-likeness (QED) is 0.374. The highest BCUT2D eigenvalue weighted by molar-refractivity contribution is 7.52. The summed E-state index contributed by atoms with van der Waals surface area (Å²) in [5.74, 6) is -0.397. The number of methoxy groups -OCH3 is 1. The van der Waals surface area contributed by atoms with E-state index in [9.17, 15) is 14.7 Å². The minimum atomic E-state index is -1.37. The Labute approximate surface area is 156 Å². The van der Waals surface area contributed by atoms with Crippen LogP contribution in [0.2, 0.25) is 5.02 Å². The van der Waals surface area contributed by atoms with Gasteiger partial charge < -0.3 is 19.4 Å². The first-order valence-electron chi connectivity index (χ1n) is 7.57. The number of halogens is 1. The zero-order chi connectivity index (χ0) is 18.4. The number of rotatable bonds is 2. The number of aromatic carboxylic acids is 1. The van der Waals surface area contributed by atoms with Crippen LogP contribution in [0, 0.1) is 0 Å². The van der Waals surface area contributed by atoms with Crippen LogP contribution in [0.15, 0.2) is 47.8 Å². The molecule has 0 saturated heterocycles. The summed E-state index contributed by atoms with van der Waals surface area (Å²) in [6.45, 7) is 0. The first-order chi connectivity index (χ1) is 12.5. The molecule has 0 amide bonds. The van der Waals surface area contributed by atoms with Gasteiger partial charge in [0.2, 0.25) is 4.88 Å². The molecule has 1 atom stereocenters. The van der Waals surface area contributed by atoms with Gasteiger partial charge in [-0.2, -0.15) is 4.79 Å². The van der Waals surface area contributed by atoms with Crippen LogP contribution in [0.4, 0.5) is 4.79 Å². The van der Waals surface area contributed by atoms with Crippen molar-refractivity contribution in [3.63, 3.8) is 0 Å². The molecule has 1 aliphatic rings. The summed E-state index contributed by atoms with van der Waals surface area (Å²) in [6.07, 6.45) is 0. The van der Waals surface area contributed by atoms with Crippen LogP contribution in [-0.2, 0) is 4.74 Å². The Hall–Kier alpha value is -2.83. The van der Waals surface area contributed by atoms with Crippen molar-refractivity contribution >= 4 is 33.3 Å². The van der Waals surface area contributed by atoms with Crippen LogP contribution in [0.1, 0.15) is 10.4 Å². The molecule has 1 aromatic heterocycles. The molecule has 5 nitrogen and oxygen atoms in total. The topological polar surface area (TPSA) is 75.7 Å². The number of fused-ring (bicyclic) bond motifs is 5. The van der Waals surface area contributed by atoms with Gasteiger partial charge in [-0.05, 0) is 30.3 Å². The van der Waals surface area contributed by atoms with Crippen LogP contribution in [-0.4, -0.2) is 18.4 Å². The van der Waals surface area contributed by atoms with Crippen LogP contribution in [0.5, 0.6) is 11.5 Å². The first kappa shape index (κ1) is 16.6. The van der Waals surface area contributed by atoms with Crippen LogP contribution < -0.4 is 9.84 Å². The highest BCUT2D eigenvalue weighted by Crippen LogP contribution is 2.54. The van der Waals surface area contributed by atoms with E-state index in [0.29, 0.717) is 38.1 Å². The van der Waals surface area contributed by atoms with Gasteiger partial charge in [0.05, 0.1) is 29.8 Å². The Morgan fingerprint density at radius 3 is 2.58 bits per heavy atom. The fourth-order valence-electron chi connectivity index (χ4n) is 3.01.